The van der Waals surface area contributed by atoms with Gasteiger partial charge in [0.15, 0.2) is 9.84 Å². The second kappa shape index (κ2) is 4.98. The van der Waals surface area contributed by atoms with Crippen molar-refractivity contribution in [1.82, 2.24) is 0 Å². The first-order valence-corrected chi connectivity index (χ1v) is 8.63. The number of rotatable bonds is 3. The van der Waals surface area contributed by atoms with Crippen LogP contribution in [0.25, 0.3) is 0 Å². The molecule has 0 spiro atoms. The Morgan fingerprint density at radius 1 is 1.35 bits per heavy atom. The van der Waals surface area contributed by atoms with E-state index in [0.717, 1.165) is 24.1 Å². The van der Waals surface area contributed by atoms with Crippen molar-refractivity contribution in [3.05, 3.63) is 24.3 Å². The third kappa shape index (κ3) is 3.01. The van der Waals surface area contributed by atoms with Gasteiger partial charge in [-0.2, -0.15) is 0 Å². The Morgan fingerprint density at radius 3 is 2.47 bits per heavy atom. The van der Waals surface area contributed by atoms with Crippen molar-refractivity contribution < 1.29 is 8.42 Å². The Kier molecular flexibility index (Phi) is 3.78. The highest BCUT2D eigenvalue weighted by molar-refractivity contribution is 9.09. The molecule has 0 N–H and O–H groups in total. The molecule has 5 heteroatoms. The van der Waals surface area contributed by atoms with Crippen LogP contribution in [-0.2, 0) is 9.84 Å². The SMILES string of the molecule is CS(=O)(=O)c1ccc(N2CCC(CBr)C2)cc1. The summed E-state index contributed by atoms with van der Waals surface area (Å²) in [6.07, 6.45) is 2.43. The number of alkyl halides is 1. The van der Waals surface area contributed by atoms with E-state index in [1.165, 1.54) is 12.7 Å². The fraction of sp³-hybridized carbons (Fsp3) is 0.500. The van der Waals surface area contributed by atoms with Gasteiger partial charge in [-0.1, -0.05) is 15.9 Å². The molecular weight excluding hydrogens is 302 g/mol. The molecule has 1 aliphatic heterocycles. The minimum Gasteiger partial charge on any atom is -0.371 e. The van der Waals surface area contributed by atoms with Crippen LogP contribution in [0.2, 0.25) is 0 Å². The van der Waals surface area contributed by atoms with Crippen molar-refractivity contribution in [3.8, 4) is 0 Å². The van der Waals surface area contributed by atoms with Crippen molar-refractivity contribution in [3.63, 3.8) is 0 Å². The van der Waals surface area contributed by atoms with E-state index in [-0.39, 0.29) is 0 Å². The fourth-order valence-corrected chi connectivity index (χ4v) is 3.26. The molecule has 0 saturated carbocycles. The zero-order valence-corrected chi connectivity index (χ0v) is 12.2. The Hall–Kier alpha value is -0.550. The van der Waals surface area contributed by atoms with Crippen molar-refractivity contribution in [1.29, 1.82) is 0 Å². The van der Waals surface area contributed by atoms with Crippen LogP contribution >= 0.6 is 15.9 Å². The van der Waals surface area contributed by atoms with E-state index < -0.39 is 9.84 Å². The van der Waals surface area contributed by atoms with Gasteiger partial charge in [0.05, 0.1) is 4.90 Å². The predicted octanol–water partition coefficient (Wildman–Crippen LogP) is 2.31. The van der Waals surface area contributed by atoms with Crippen LogP contribution in [0.5, 0.6) is 0 Å². The van der Waals surface area contributed by atoms with Gasteiger partial charge in [-0.3, -0.25) is 0 Å². The lowest BCUT2D eigenvalue weighted by Gasteiger charge is -2.18. The Balaban J connectivity index is 2.14. The van der Waals surface area contributed by atoms with E-state index in [1.807, 2.05) is 12.1 Å². The smallest absolute Gasteiger partial charge is 0.175 e. The summed E-state index contributed by atoms with van der Waals surface area (Å²) in [5, 5.41) is 1.03. The molecule has 1 aromatic rings. The normalized spacial score (nSPS) is 20.8. The van der Waals surface area contributed by atoms with Gasteiger partial charge in [-0.05, 0) is 36.6 Å². The summed E-state index contributed by atoms with van der Waals surface area (Å²) in [6.45, 7) is 2.10. The summed E-state index contributed by atoms with van der Waals surface area (Å²) in [5.41, 5.74) is 1.11. The number of sulfone groups is 1. The zero-order chi connectivity index (χ0) is 12.5. The molecular formula is C12H16BrNO2S. The molecule has 17 heavy (non-hydrogen) atoms. The molecule has 1 atom stereocenters. The van der Waals surface area contributed by atoms with Gasteiger partial charge in [0.1, 0.15) is 0 Å². The highest BCUT2D eigenvalue weighted by Gasteiger charge is 2.21. The summed E-state index contributed by atoms with van der Waals surface area (Å²) in [7, 11) is -3.08. The molecule has 1 unspecified atom stereocenters. The molecule has 2 rings (SSSR count). The minimum absolute atomic E-state index is 0.387. The first-order valence-electron chi connectivity index (χ1n) is 5.62. The predicted molar refractivity (Wildman–Crippen MR) is 73.7 cm³/mol. The van der Waals surface area contributed by atoms with Gasteiger partial charge in [-0.15, -0.1) is 0 Å². The molecule has 0 aromatic heterocycles. The number of benzene rings is 1. The monoisotopic (exact) mass is 317 g/mol. The van der Waals surface area contributed by atoms with E-state index >= 15 is 0 Å². The van der Waals surface area contributed by atoms with E-state index in [4.69, 9.17) is 0 Å². The summed E-state index contributed by atoms with van der Waals surface area (Å²) in [4.78, 5) is 2.69. The highest BCUT2D eigenvalue weighted by atomic mass is 79.9. The number of anilines is 1. The quantitative estimate of drug-likeness (QED) is 0.803. The van der Waals surface area contributed by atoms with E-state index in [9.17, 15) is 8.42 Å². The van der Waals surface area contributed by atoms with Crippen molar-refractivity contribution in [2.45, 2.75) is 11.3 Å². The van der Waals surface area contributed by atoms with Crippen molar-refractivity contribution in [2.24, 2.45) is 5.92 Å². The van der Waals surface area contributed by atoms with Gasteiger partial charge in [-0.25, -0.2) is 8.42 Å². The van der Waals surface area contributed by atoms with Crippen molar-refractivity contribution in [2.75, 3.05) is 29.6 Å². The lowest BCUT2D eigenvalue weighted by Crippen LogP contribution is -2.19. The molecule has 1 aliphatic rings. The Labute approximate surface area is 111 Å². The summed E-state index contributed by atoms with van der Waals surface area (Å²) < 4.78 is 22.7. The van der Waals surface area contributed by atoms with Crippen LogP contribution < -0.4 is 4.90 Å². The van der Waals surface area contributed by atoms with Gasteiger partial charge in [0, 0.05) is 30.4 Å². The summed E-state index contributed by atoms with van der Waals surface area (Å²) in [5.74, 6) is 0.699. The van der Waals surface area contributed by atoms with Crippen LogP contribution in [0, 0.1) is 5.92 Å². The third-order valence-electron chi connectivity index (χ3n) is 3.13. The molecule has 0 bridgehead atoms. The maximum atomic E-state index is 11.3. The Bertz CT molecular complexity index is 484. The van der Waals surface area contributed by atoms with Crippen LogP contribution in [0.1, 0.15) is 6.42 Å². The maximum Gasteiger partial charge on any atom is 0.175 e. The van der Waals surface area contributed by atoms with E-state index in [0.29, 0.717) is 10.8 Å². The zero-order valence-electron chi connectivity index (χ0n) is 9.77. The fourth-order valence-electron chi connectivity index (χ4n) is 2.10. The maximum absolute atomic E-state index is 11.3. The first kappa shape index (κ1) is 12.9. The van der Waals surface area contributed by atoms with Crippen LogP contribution in [0.4, 0.5) is 5.69 Å². The number of hydrogen-bond donors (Lipinski definition) is 0. The topological polar surface area (TPSA) is 37.4 Å². The summed E-state index contributed by atoms with van der Waals surface area (Å²) in [6, 6.07) is 7.16. The number of halogens is 1. The van der Waals surface area contributed by atoms with Gasteiger partial charge in [0.2, 0.25) is 0 Å². The van der Waals surface area contributed by atoms with E-state index in [1.54, 1.807) is 12.1 Å². The first-order chi connectivity index (χ1) is 8.00. The second-order valence-electron chi connectivity index (χ2n) is 4.52. The number of hydrogen-bond acceptors (Lipinski definition) is 3. The average molecular weight is 318 g/mol. The molecule has 1 heterocycles. The molecule has 1 fully saturated rings. The number of nitrogens with zero attached hydrogens (tertiary/aromatic N) is 1. The summed E-state index contributed by atoms with van der Waals surface area (Å²) >= 11 is 3.51. The molecule has 1 saturated heterocycles. The molecule has 3 nitrogen and oxygen atoms in total. The lowest BCUT2D eigenvalue weighted by atomic mass is 10.2. The average Bonchev–Trinajstić information content (AvgIpc) is 2.76. The van der Waals surface area contributed by atoms with Crippen LogP contribution in [-0.4, -0.2) is 33.1 Å². The largest absolute Gasteiger partial charge is 0.371 e. The van der Waals surface area contributed by atoms with Crippen LogP contribution in [0.3, 0.4) is 0 Å². The molecule has 1 aromatic carbocycles. The van der Waals surface area contributed by atoms with Gasteiger partial charge in [0.25, 0.3) is 0 Å². The second-order valence-corrected chi connectivity index (χ2v) is 7.18. The highest BCUT2D eigenvalue weighted by Crippen LogP contribution is 2.25. The minimum atomic E-state index is -3.08. The molecule has 0 radical (unpaired) electrons. The van der Waals surface area contributed by atoms with Gasteiger partial charge >= 0.3 is 0 Å². The third-order valence-corrected chi connectivity index (χ3v) is 5.18. The van der Waals surface area contributed by atoms with Crippen molar-refractivity contribution >= 4 is 31.5 Å². The standard InChI is InChI=1S/C12H16BrNO2S/c1-17(15,16)12-4-2-11(3-5-12)14-7-6-10(8-13)9-14/h2-5,10H,6-9H2,1H3. The Morgan fingerprint density at radius 2 is 2.00 bits per heavy atom. The van der Waals surface area contributed by atoms with Crippen LogP contribution in [0.15, 0.2) is 29.2 Å². The molecule has 0 aliphatic carbocycles. The van der Waals surface area contributed by atoms with E-state index in [2.05, 4.69) is 20.8 Å². The molecule has 94 valence electrons. The molecule has 0 amide bonds. The lowest BCUT2D eigenvalue weighted by molar-refractivity contribution is 0.602. The van der Waals surface area contributed by atoms with Gasteiger partial charge < -0.3 is 4.90 Å².